The first-order chi connectivity index (χ1) is 17.7. The maximum Gasteiger partial charge on any atom is 0.251 e. The van der Waals surface area contributed by atoms with Crippen LogP contribution in [-0.2, 0) is 14.4 Å². The molecule has 4 rings (SSSR count). The zero-order chi connectivity index (χ0) is 26.7. The maximum absolute atomic E-state index is 13.8. The first-order valence-corrected chi connectivity index (χ1v) is 13.9. The van der Waals surface area contributed by atoms with Crippen LogP contribution in [0.1, 0.15) is 75.6 Å². The molecule has 1 aromatic rings. The number of nitrogens with zero attached hydrogens (tertiary/aromatic N) is 3. The molecule has 3 atom stereocenters. The first-order valence-electron chi connectivity index (χ1n) is 13.9. The van der Waals surface area contributed by atoms with E-state index >= 15 is 0 Å². The van der Waals surface area contributed by atoms with Gasteiger partial charge < -0.3 is 20.0 Å². The van der Waals surface area contributed by atoms with E-state index in [0.29, 0.717) is 24.9 Å². The normalized spacial score (nSPS) is 23.1. The summed E-state index contributed by atoms with van der Waals surface area (Å²) in [5.41, 5.74) is 1.47. The molecule has 1 aromatic carbocycles. The summed E-state index contributed by atoms with van der Waals surface area (Å²) < 4.78 is 0. The van der Waals surface area contributed by atoms with Crippen molar-refractivity contribution in [2.45, 2.75) is 83.3 Å². The van der Waals surface area contributed by atoms with E-state index in [-0.39, 0.29) is 47.9 Å². The second-order valence-electron chi connectivity index (χ2n) is 11.6. The highest BCUT2D eigenvalue weighted by Crippen LogP contribution is 2.34. The van der Waals surface area contributed by atoms with Crippen molar-refractivity contribution in [1.82, 2.24) is 15.1 Å². The molecule has 0 unspecified atom stereocenters. The molecule has 2 aliphatic heterocycles. The molecule has 0 aromatic heterocycles. The zero-order valence-electron chi connectivity index (χ0n) is 22.7. The Hall–Kier alpha value is -2.90. The number of likely N-dealkylation sites (tertiary alicyclic amines) is 2. The third kappa shape index (κ3) is 5.99. The van der Waals surface area contributed by atoms with Crippen LogP contribution in [-0.4, -0.2) is 78.6 Å². The molecule has 8 nitrogen and oxygen atoms in total. The highest BCUT2D eigenvalue weighted by Gasteiger charge is 2.52. The van der Waals surface area contributed by atoms with Crippen molar-refractivity contribution < 1.29 is 19.2 Å². The number of amides is 3. The summed E-state index contributed by atoms with van der Waals surface area (Å²) in [5, 5.41) is 2.94. The number of ketones is 1. The number of Topliss-reactive ketones (excluding diaryl/α,β-unsaturated/α-hetero) is 1. The monoisotopic (exact) mass is 510 g/mol. The minimum Gasteiger partial charge on any atom is -0.378 e. The predicted molar refractivity (Wildman–Crippen MR) is 143 cm³/mol. The summed E-state index contributed by atoms with van der Waals surface area (Å²) in [6.45, 7) is 4.54. The van der Waals surface area contributed by atoms with Gasteiger partial charge in [-0.25, -0.2) is 0 Å². The van der Waals surface area contributed by atoms with E-state index in [1.807, 2.05) is 45.0 Å². The number of benzene rings is 1. The fourth-order valence-electron chi connectivity index (χ4n) is 6.16. The molecule has 3 fully saturated rings. The van der Waals surface area contributed by atoms with Crippen molar-refractivity contribution in [2.75, 3.05) is 32.1 Å². The summed E-state index contributed by atoms with van der Waals surface area (Å²) in [5.74, 6) is -0.335. The van der Waals surface area contributed by atoms with Crippen molar-refractivity contribution in [3.63, 3.8) is 0 Å². The Morgan fingerprint density at radius 2 is 1.62 bits per heavy atom. The molecule has 2 saturated heterocycles. The second kappa shape index (κ2) is 11.7. The van der Waals surface area contributed by atoms with E-state index in [0.717, 1.165) is 31.4 Å². The van der Waals surface area contributed by atoms with Gasteiger partial charge in [-0.3, -0.25) is 19.2 Å². The minimum absolute atomic E-state index is 0.00865. The Balaban J connectivity index is 1.46. The van der Waals surface area contributed by atoms with Gasteiger partial charge in [-0.2, -0.15) is 0 Å². The third-order valence-electron chi connectivity index (χ3n) is 8.15. The van der Waals surface area contributed by atoms with E-state index < -0.39 is 12.1 Å². The number of rotatable bonds is 7. The third-order valence-corrected chi connectivity index (χ3v) is 8.15. The van der Waals surface area contributed by atoms with Crippen molar-refractivity contribution in [2.24, 2.45) is 11.8 Å². The van der Waals surface area contributed by atoms with Gasteiger partial charge in [-0.1, -0.05) is 39.5 Å². The van der Waals surface area contributed by atoms with Gasteiger partial charge in [-0.15, -0.1) is 0 Å². The summed E-state index contributed by atoms with van der Waals surface area (Å²) in [6, 6.07) is 5.68. The molecular weight excluding hydrogens is 468 g/mol. The Morgan fingerprint density at radius 1 is 0.973 bits per heavy atom. The van der Waals surface area contributed by atoms with E-state index in [1.165, 1.54) is 12.8 Å². The fraction of sp³-hybridized carbons (Fsp3) is 0.655. The summed E-state index contributed by atoms with van der Waals surface area (Å²) in [6.07, 6.45) is 7.32. The van der Waals surface area contributed by atoms with Gasteiger partial charge in [0, 0.05) is 37.8 Å². The van der Waals surface area contributed by atoms with Gasteiger partial charge in [0.15, 0.2) is 5.78 Å². The van der Waals surface area contributed by atoms with E-state index in [2.05, 4.69) is 5.32 Å². The van der Waals surface area contributed by atoms with E-state index in [9.17, 15) is 19.2 Å². The van der Waals surface area contributed by atoms with Crippen LogP contribution in [0, 0.1) is 11.8 Å². The van der Waals surface area contributed by atoms with Crippen LogP contribution in [0.3, 0.4) is 0 Å². The summed E-state index contributed by atoms with van der Waals surface area (Å²) in [4.78, 5) is 58.7. The fourth-order valence-corrected chi connectivity index (χ4v) is 6.16. The number of carbonyl (C=O) groups excluding carboxylic acids is 4. The molecule has 37 heavy (non-hydrogen) atoms. The molecule has 1 aliphatic carbocycles. The molecular formula is C29H42N4O4. The predicted octanol–water partition coefficient (Wildman–Crippen LogP) is 3.25. The lowest BCUT2D eigenvalue weighted by atomic mass is 9.98. The average Bonchev–Trinajstić information content (AvgIpc) is 3.32. The largest absolute Gasteiger partial charge is 0.378 e. The van der Waals surface area contributed by atoms with Crippen LogP contribution in [0.15, 0.2) is 24.3 Å². The van der Waals surface area contributed by atoms with E-state index in [4.69, 9.17) is 0 Å². The first kappa shape index (κ1) is 27.1. The highest BCUT2D eigenvalue weighted by molar-refractivity contribution is 6.01. The molecule has 3 aliphatic rings. The Kier molecular flexibility index (Phi) is 8.55. The molecule has 1 N–H and O–H groups in total. The maximum atomic E-state index is 13.8. The lowest BCUT2D eigenvalue weighted by molar-refractivity contribution is -0.138. The van der Waals surface area contributed by atoms with Gasteiger partial charge in [-0.05, 0) is 55.9 Å². The standard InChI is InChI=1S/C29H42N4O4/c1-19(2)17-23(30-27(35)20-11-13-22(14-12-20)31(3)4)29(37)32-16-15-24-26(32)25(34)18-33(24)28(36)21-9-7-5-6-8-10-21/h11-14,19,21,23-24,26H,5-10,15-18H2,1-4H3,(H,30,35)/t23-,24+,26-/m0/s1. The lowest BCUT2D eigenvalue weighted by Gasteiger charge is -2.29. The molecule has 0 radical (unpaired) electrons. The van der Waals surface area contributed by atoms with Gasteiger partial charge in [0.05, 0.1) is 12.6 Å². The number of nitrogens with one attached hydrogen (secondary N) is 1. The quantitative estimate of drug-likeness (QED) is 0.569. The molecule has 202 valence electrons. The minimum atomic E-state index is -0.723. The Labute approximate surface area is 220 Å². The van der Waals surface area contributed by atoms with Crippen LogP contribution in [0.5, 0.6) is 0 Å². The van der Waals surface area contributed by atoms with E-state index in [1.54, 1.807) is 21.9 Å². The van der Waals surface area contributed by atoms with Crippen LogP contribution in [0.25, 0.3) is 0 Å². The molecule has 0 bridgehead atoms. The van der Waals surface area contributed by atoms with Gasteiger partial charge in [0.1, 0.15) is 12.1 Å². The highest BCUT2D eigenvalue weighted by atomic mass is 16.2. The van der Waals surface area contributed by atoms with Crippen LogP contribution in [0.4, 0.5) is 5.69 Å². The number of carbonyl (C=O) groups is 4. The summed E-state index contributed by atoms with van der Waals surface area (Å²) >= 11 is 0. The van der Waals surface area contributed by atoms with Gasteiger partial charge >= 0.3 is 0 Å². The molecule has 2 heterocycles. The number of hydrogen-bond donors (Lipinski definition) is 1. The average molecular weight is 511 g/mol. The smallest absolute Gasteiger partial charge is 0.251 e. The van der Waals surface area contributed by atoms with Crippen LogP contribution >= 0.6 is 0 Å². The van der Waals surface area contributed by atoms with Crippen molar-refractivity contribution in [3.05, 3.63) is 29.8 Å². The lowest BCUT2D eigenvalue weighted by Crippen LogP contribution is -2.53. The number of anilines is 1. The summed E-state index contributed by atoms with van der Waals surface area (Å²) in [7, 11) is 3.87. The molecule has 3 amide bonds. The number of fused-ring (bicyclic) bond motifs is 1. The molecule has 8 heteroatoms. The SMILES string of the molecule is CC(C)C[C@H](NC(=O)c1ccc(N(C)C)cc1)C(=O)N1CC[C@@H]2[C@H]1C(=O)CN2C(=O)C1CCCCCC1. The van der Waals surface area contributed by atoms with Crippen LogP contribution < -0.4 is 10.2 Å². The topological polar surface area (TPSA) is 90.0 Å². The van der Waals surface area contributed by atoms with Crippen molar-refractivity contribution >= 4 is 29.2 Å². The zero-order valence-corrected chi connectivity index (χ0v) is 22.7. The molecule has 1 saturated carbocycles. The van der Waals surface area contributed by atoms with Crippen molar-refractivity contribution in [1.29, 1.82) is 0 Å². The van der Waals surface area contributed by atoms with Gasteiger partial charge in [0.2, 0.25) is 11.8 Å². The Bertz CT molecular complexity index is 998. The second-order valence-corrected chi connectivity index (χ2v) is 11.6. The van der Waals surface area contributed by atoms with Gasteiger partial charge in [0.25, 0.3) is 5.91 Å². The number of hydrogen-bond acceptors (Lipinski definition) is 5. The van der Waals surface area contributed by atoms with Crippen molar-refractivity contribution in [3.8, 4) is 0 Å². The molecule has 0 spiro atoms. The van der Waals surface area contributed by atoms with Crippen LogP contribution in [0.2, 0.25) is 0 Å². The Morgan fingerprint density at radius 3 is 2.22 bits per heavy atom.